The predicted molar refractivity (Wildman–Crippen MR) is 84.3 cm³/mol. The van der Waals surface area contributed by atoms with Crippen LogP contribution in [0.15, 0.2) is 42.5 Å². The molecule has 104 valence electrons. The number of hydrogen-bond donors (Lipinski definition) is 1. The van der Waals surface area contributed by atoms with Crippen LogP contribution in [0.4, 0.5) is 0 Å². The molecule has 20 heavy (non-hydrogen) atoms. The summed E-state index contributed by atoms with van der Waals surface area (Å²) in [6.45, 7) is 6.22. The number of nitriles is 1. The topological polar surface area (TPSA) is 35.8 Å². The van der Waals surface area contributed by atoms with E-state index in [1.165, 1.54) is 16.3 Å². The van der Waals surface area contributed by atoms with Crippen LogP contribution in [0.2, 0.25) is 0 Å². The highest BCUT2D eigenvalue weighted by Gasteiger charge is 2.16. The molecule has 0 bridgehead atoms. The fourth-order valence-electron chi connectivity index (χ4n) is 2.46. The van der Waals surface area contributed by atoms with Gasteiger partial charge in [0.2, 0.25) is 0 Å². The molecule has 0 unspecified atom stereocenters. The van der Waals surface area contributed by atoms with E-state index in [0.29, 0.717) is 6.42 Å². The Morgan fingerprint density at radius 2 is 1.85 bits per heavy atom. The van der Waals surface area contributed by atoms with E-state index in [9.17, 15) is 0 Å². The maximum absolute atomic E-state index is 8.68. The van der Waals surface area contributed by atoms with E-state index < -0.39 is 0 Å². The normalized spacial score (nSPS) is 11.4. The molecule has 1 N–H and O–H groups in total. The number of nitrogens with zero attached hydrogens (tertiary/aromatic N) is 1. The highest BCUT2D eigenvalue weighted by molar-refractivity contribution is 5.85. The van der Waals surface area contributed by atoms with Crippen LogP contribution in [0, 0.1) is 16.7 Å². The molecular formula is C18H22N2. The van der Waals surface area contributed by atoms with Crippen molar-refractivity contribution in [1.82, 2.24) is 5.32 Å². The molecule has 2 rings (SSSR count). The van der Waals surface area contributed by atoms with Gasteiger partial charge in [0.1, 0.15) is 0 Å². The van der Waals surface area contributed by atoms with E-state index in [1.54, 1.807) is 0 Å². The van der Waals surface area contributed by atoms with Crippen LogP contribution >= 0.6 is 0 Å². The summed E-state index contributed by atoms with van der Waals surface area (Å²) >= 11 is 0. The Hall–Kier alpha value is -1.85. The van der Waals surface area contributed by atoms with Crippen molar-refractivity contribution in [3.8, 4) is 6.07 Å². The Balaban J connectivity index is 1.98. The van der Waals surface area contributed by atoms with Crippen molar-refractivity contribution in [3.63, 3.8) is 0 Å². The average molecular weight is 266 g/mol. The minimum Gasteiger partial charge on any atom is -0.312 e. The van der Waals surface area contributed by atoms with E-state index >= 15 is 0 Å². The van der Waals surface area contributed by atoms with Gasteiger partial charge in [-0.05, 0) is 28.2 Å². The van der Waals surface area contributed by atoms with Crippen molar-refractivity contribution >= 4 is 10.8 Å². The van der Waals surface area contributed by atoms with Crippen molar-refractivity contribution in [1.29, 1.82) is 5.26 Å². The first kappa shape index (κ1) is 14.6. The second kappa shape index (κ2) is 6.54. The summed E-state index contributed by atoms with van der Waals surface area (Å²) in [7, 11) is 0. The second-order valence-electron chi connectivity index (χ2n) is 6.06. The predicted octanol–water partition coefficient (Wildman–Crippen LogP) is 4.26. The molecule has 2 aromatic carbocycles. The van der Waals surface area contributed by atoms with Crippen molar-refractivity contribution in [2.75, 3.05) is 6.54 Å². The number of rotatable bonds is 6. The summed E-state index contributed by atoms with van der Waals surface area (Å²) < 4.78 is 0. The third-order valence-corrected chi connectivity index (χ3v) is 3.71. The summed E-state index contributed by atoms with van der Waals surface area (Å²) in [6.07, 6.45) is 1.56. The molecule has 0 atom stereocenters. The molecule has 2 nitrogen and oxygen atoms in total. The zero-order valence-corrected chi connectivity index (χ0v) is 12.3. The molecular weight excluding hydrogens is 244 g/mol. The largest absolute Gasteiger partial charge is 0.312 e. The lowest BCUT2D eigenvalue weighted by Crippen LogP contribution is -2.29. The van der Waals surface area contributed by atoms with Crippen LogP contribution in [0.25, 0.3) is 10.8 Å². The van der Waals surface area contributed by atoms with Crippen LogP contribution in [0.3, 0.4) is 0 Å². The first-order chi connectivity index (χ1) is 9.62. The molecule has 0 saturated carbocycles. The molecule has 0 aliphatic heterocycles. The minimum absolute atomic E-state index is 0.167. The first-order valence-electron chi connectivity index (χ1n) is 7.17. The minimum atomic E-state index is 0.167. The summed E-state index contributed by atoms with van der Waals surface area (Å²) in [5.74, 6) is 0. The Bertz CT molecular complexity index is 603. The zero-order valence-electron chi connectivity index (χ0n) is 12.3. The summed E-state index contributed by atoms with van der Waals surface area (Å²) in [4.78, 5) is 0. The van der Waals surface area contributed by atoms with E-state index in [2.05, 4.69) is 67.7 Å². The Morgan fingerprint density at radius 1 is 1.10 bits per heavy atom. The van der Waals surface area contributed by atoms with E-state index in [-0.39, 0.29) is 5.41 Å². The fraction of sp³-hybridized carbons (Fsp3) is 0.389. The van der Waals surface area contributed by atoms with Crippen molar-refractivity contribution in [3.05, 3.63) is 48.0 Å². The van der Waals surface area contributed by atoms with Crippen molar-refractivity contribution in [2.24, 2.45) is 5.41 Å². The van der Waals surface area contributed by atoms with Crippen LogP contribution < -0.4 is 5.32 Å². The van der Waals surface area contributed by atoms with Gasteiger partial charge in [0.05, 0.1) is 6.07 Å². The molecule has 0 spiro atoms. The highest BCUT2D eigenvalue weighted by Crippen LogP contribution is 2.22. The second-order valence-corrected chi connectivity index (χ2v) is 6.06. The number of hydrogen-bond acceptors (Lipinski definition) is 2. The molecule has 0 aromatic heterocycles. The van der Waals surface area contributed by atoms with E-state index in [4.69, 9.17) is 5.26 Å². The van der Waals surface area contributed by atoms with Gasteiger partial charge >= 0.3 is 0 Å². The Labute approximate surface area is 121 Å². The number of fused-ring (bicyclic) bond motifs is 1. The maximum atomic E-state index is 8.68. The van der Waals surface area contributed by atoms with E-state index in [1.807, 2.05) is 0 Å². The molecule has 0 aliphatic rings. The molecule has 2 heteroatoms. The lowest BCUT2D eigenvalue weighted by Gasteiger charge is -2.24. The summed E-state index contributed by atoms with van der Waals surface area (Å²) in [5.41, 5.74) is 1.50. The van der Waals surface area contributed by atoms with Gasteiger partial charge in [-0.15, -0.1) is 0 Å². The molecule has 2 aromatic rings. The number of benzene rings is 2. The van der Waals surface area contributed by atoms with Gasteiger partial charge in [-0.25, -0.2) is 0 Å². The molecule has 0 radical (unpaired) electrons. The van der Waals surface area contributed by atoms with Gasteiger partial charge in [0, 0.05) is 19.5 Å². The zero-order chi connectivity index (χ0) is 14.4. The van der Waals surface area contributed by atoms with Gasteiger partial charge in [0.15, 0.2) is 0 Å². The van der Waals surface area contributed by atoms with Crippen LogP contribution in [-0.2, 0) is 6.54 Å². The van der Waals surface area contributed by atoms with Crippen LogP contribution in [0.5, 0.6) is 0 Å². The highest BCUT2D eigenvalue weighted by atomic mass is 14.9. The molecule has 0 fully saturated rings. The van der Waals surface area contributed by atoms with Gasteiger partial charge in [0.25, 0.3) is 0 Å². The smallest absolute Gasteiger partial charge is 0.0621 e. The Kier molecular flexibility index (Phi) is 4.76. The Morgan fingerprint density at radius 3 is 2.65 bits per heavy atom. The van der Waals surface area contributed by atoms with Gasteiger partial charge < -0.3 is 5.32 Å². The van der Waals surface area contributed by atoms with Gasteiger partial charge in [-0.3, -0.25) is 0 Å². The molecule has 0 aliphatic carbocycles. The monoisotopic (exact) mass is 266 g/mol. The first-order valence-corrected chi connectivity index (χ1v) is 7.17. The lowest BCUT2D eigenvalue weighted by atomic mass is 9.88. The van der Waals surface area contributed by atoms with Crippen LogP contribution in [0.1, 0.15) is 32.3 Å². The van der Waals surface area contributed by atoms with Crippen molar-refractivity contribution < 1.29 is 0 Å². The van der Waals surface area contributed by atoms with Crippen molar-refractivity contribution in [2.45, 2.75) is 33.2 Å². The summed E-state index contributed by atoms with van der Waals surface area (Å²) in [5, 5.41) is 14.8. The lowest BCUT2D eigenvalue weighted by molar-refractivity contribution is 0.317. The van der Waals surface area contributed by atoms with Gasteiger partial charge in [-0.1, -0.05) is 56.3 Å². The SMILES string of the molecule is CC(C)(CCC#N)CNCc1cccc2ccccc12. The third-order valence-electron chi connectivity index (χ3n) is 3.71. The van der Waals surface area contributed by atoms with E-state index in [0.717, 1.165) is 19.5 Å². The standard InChI is InChI=1S/C18H22N2/c1-18(2,11-6-12-19)14-20-13-16-9-5-8-15-7-3-4-10-17(15)16/h3-5,7-10,20H,6,11,13-14H2,1-2H3. The quantitative estimate of drug-likeness (QED) is 0.848. The third kappa shape index (κ3) is 3.82. The molecule has 0 saturated heterocycles. The van der Waals surface area contributed by atoms with Crippen LogP contribution in [-0.4, -0.2) is 6.54 Å². The molecule has 0 amide bonds. The number of nitrogens with one attached hydrogen (secondary N) is 1. The maximum Gasteiger partial charge on any atom is 0.0621 e. The van der Waals surface area contributed by atoms with Gasteiger partial charge in [-0.2, -0.15) is 5.26 Å². The summed E-state index contributed by atoms with van der Waals surface area (Å²) in [6, 6.07) is 17.1. The fourth-order valence-corrected chi connectivity index (χ4v) is 2.46. The molecule has 0 heterocycles. The average Bonchev–Trinajstić information content (AvgIpc) is 2.45.